The standard InChI is InChI=1S/C16H25N/c1-12-7-8-14(10-13(12)2)17-15-6-5-9-16(3,4)11-15/h7-8,10,15,17H,5-6,9,11H2,1-4H3. The van der Waals surface area contributed by atoms with E-state index in [2.05, 4.69) is 51.2 Å². The van der Waals surface area contributed by atoms with Crippen molar-refractivity contribution in [3.8, 4) is 0 Å². The van der Waals surface area contributed by atoms with E-state index in [1.807, 2.05) is 0 Å². The van der Waals surface area contributed by atoms with Crippen LogP contribution in [0.4, 0.5) is 5.69 Å². The molecule has 1 unspecified atom stereocenters. The Labute approximate surface area is 106 Å². The van der Waals surface area contributed by atoms with E-state index in [1.165, 1.54) is 42.5 Å². The van der Waals surface area contributed by atoms with Crippen molar-refractivity contribution >= 4 is 5.69 Å². The molecule has 94 valence electrons. The molecule has 1 atom stereocenters. The Morgan fingerprint density at radius 1 is 1.18 bits per heavy atom. The van der Waals surface area contributed by atoms with Crippen molar-refractivity contribution in [2.75, 3.05) is 5.32 Å². The Hall–Kier alpha value is -0.980. The molecule has 0 amide bonds. The molecule has 1 nitrogen and oxygen atoms in total. The van der Waals surface area contributed by atoms with Gasteiger partial charge in [0.2, 0.25) is 0 Å². The molecule has 0 bridgehead atoms. The molecular formula is C16H25N. The SMILES string of the molecule is Cc1ccc(NC2CCCC(C)(C)C2)cc1C. The maximum Gasteiger partial charge on any atom is 0.0345 e. The fourth-order valence-corrected chi connectivity index (χ4v) is 2.89. The number of rotatable bonds is 2. The van der Waals surface area contributed by atoms with Crippen LogP contribution in [0.3, 0.4) is 0 Å². The van der Waals surface area contributed by atoms with Gasteiger partial charge in [-0.05, 0) is 61.8 Å². The van der Waals surface area contributed by atoms with Crippen LogP contribution in [-0.2, 0) is 0 Å². The highest BCUT2D eigenvalue weighted by Gasteiger charge is 2.27. The van der Waals surface area contributed by atoms with Crippen molar-refractivity contribution < 1.29 is 0 Å². The number of hydrogen-bond acceptors (Lipinski definition) is 1. The molecule has 2 rings (SSSR count). The van der Waals surface area contributed by atoms with Crippen LogP contribution in [0.15, 0.2) is 18.2 Å². The van der Waals surface area contributed by atoms with Gasteiger partial charge < -0.3 is 5.32 Å². The molecule has 1 fully saturated rings. The highest BCUT2D eigenvalue weighted by Crippen LogP contribution is 2.36. The van der Waals surface area contributed by atoms with Crippen molar-refractivity contribution in [2.45, 2.75) is 59.4 Å². The summed E-state index contributed by atoms with van der Waals surface area (Å²) < 4.78 is 0. The van der Waals surface area contributed by atoms with Crippen LogP contribution in [0, 0.1) is 19.3 Å². The lowest BCUT2D eigenvalue weighted by Crippen LogP contribution is -2.31. The molecule has 0 spiro atoms. The van der Waals surface area contributed by atoms with E-state index in [4.69, 9.17) is 0 Å². The molecule has 0 aliphatic heterocycles. The van der Waals surface area contributed by atoms with Gasteiger partial charge in [-0.2, -0.15) is 0 Å². The molecule has 1 aromatic rings. The van der Waals surface area contributed by atoms with Crippen LogP contribution in [0.2, 0.25) is 0 Å². The van der Waals surface area contributed by atoms with Gasteiger partial charge in [0.05, 0.1) is 0 Å². The van der Waals surface area contributed by atoms with Crippen LogP contribution in [0.1, 0.15) is 50.7 Å². The van der Waals surface area contributed by atoms with Gasteiger partial charge in [0.25, 0.3) is 0 Å². The smallest absolute Gasteiger partial charge is 0.0345 e. The summed E-state index contributed by atoms with van der Waals surface area (Å²) in [6, 6.07) is 7.35. The van der Waals surface area contributed by atoms with Gasteiger partial charge in [-0.1, -0.05) is 26.3 Å². The van der Waals surface area contributed by atoms with Gasteiger partial charge in [0.15, 0.2) is 0 Å². The maximum atomic E-state index is 3.70. The minimum atomic E-state index is 0.510. The summed E-state index contributed by atoms with van der Waals surface area (Å²) in [5.74, 6) is 0. The first-order valence-electron chi connectivity index (χ1n) is 6.80. The summed E-state index contributed by atoms with van der Waals surface area (Å²) in [5, 5.41) is 3.70. The first-order valence-corrected chi connectivity index (χ1v) is 6.80. The maximum absolute atomic E-state index is 3.70. The second kappa shape index (κ2) is 4.72. The van der Waals surface area contributed by atoms with Crippen molar-refractivity contribution in [1.29, 1.82) is 0 Å². The second-order valence-electron chi connectivity index (χ2n) is 6.40. The summed E-state index contributed by atoms with van der Waals surface area (Å²) >= 11 is 0. The number of hydrogen-bond donors (Lipinski definition) is 1. The predicted molar refractivity (Wildman–Crippen MR) is 75.6 cm³/mol. The summed E-state index contributed by atoms with van der Waals surface area (Å²) in [7, 11) is 0. The number of benzene rings is 1. The molecule has 1 aromatic carbocycles. The zero-order valence-corrected chi connectivity index (χ0v) is 11.6. The lowest BCUT2D eigenvalue weighted by atomic mass is 9.75. The van der Waals surface area contributed by atoms with Crippen molar-refractivity contribution in [3.05, 3.63) is 29.3 Å². The van der Waals surface area contributed by atoms with Crippen molar-refractivity contribution in [2.24, 2.45) is 5.41 Å². The molecule has 0 aromatic heterocycles. The van der Waals surface area contributed by atoms with E-state index >= 15 is 0 Å². The zero-order chi connectivity index (χ0) is 12.5. The number of anilines is 1. The molecule has 0 heterocycles. The molecule has 1 heteroatoms. The molecule has 1 aliphatic rings. The quantitative estimate of drug-likeness (QED) is 0.779. The van der Waals surface area contributed by atoms with E-state index in [-0.39, 0.29) is 0 Å². The van der Waals surface area contributed by atoms with E-state index in [1.54, 1.807) is 0 Å². The number of aryl methyl sites for hydroxylation is 2. The van der Waals surface area contributed by atoms with E-state index in [0.29, 0.717) is 11.5 Å². The Morgan fingerprint density at radius 2 is 1.94 bits per heavy atom. The van der Waals surface area contributed by atoms with Crippen LogP contribution in [0.25, 0.3) is 0 Å². The van der Waals surface area contributed by atoms with Crippen LogP contribution in [0.5, 0.6) is 0 Å². The normalized spacial score (nSPS) is 23.4. The van der Waals surface area contributed by atoms with Crippen LogP contribution < -0.4 is 5.32 Å². The largest absolute Gasteiger partial charge is 0.382 e. The third kappa shape index (κ3) is 3.24. The fraction of sp³-hybridized carbons (Fsp3) is 0.625. The topological polar surface area (TPSA) is 12.0 Å². The Balaban J connectivity index is 2.03. The minimum absolute atomic E-state index is 0.510. The highest BCUT2D eigenvalue weighted by atomic mass is 14.9. The third-order valence-electron chi connectivity index (χ3n) is 4.08. The molecular weight excluding hydrogens is 206 g/mol. The first kappa shape index (κ1) is 12.5. The van der Waals surface area contributed by atoms with Gasteiger partial charge in [0.1, 0.15) is 0 Å². The van der Waals surface area contributed by atoms with E-state index < -0.39 is 0 Å². The van der Waals surface area contributed by atoms with Gasteiger partial charge in [-0.25, -0.2) is 0 Å². The van der Waals surface area contributed by atoms with Crippen LogP contribution in [-0.4, -0.2) is 6.04 Å². The van der Waals surface area contributed by atoms with Gasteiger partial charge >= 0.3 is 0 Å². The lowest BCUT2D eigenvalue weighted by Gasteiger charge is -2.36. The van der Waals surface area contributed by atoms with Gasteiger partial charge in [-0.15, -0.1) is 0 Å². The highest BCUT2D eigenvalue weighted by molar-refractivity contribution is 5.48. The molecule has 1 saturated carbocycles. The lowest BCUT2D eigenvalue weighted by molar-refractivity contribution is 0.229. The molecule has 0 radical (unpaired) electrons. The number of nitrogens with one attached hydrogen (secondary N) is 1. The summed E-state index contributed by atoms with van der Waals surface area (Å²) in [6.07, 6.45) is 5.34. The van der Waals surface area contributed by atoms with Crippen LogP contribution >= 0.6 is 0 Å². The average Bonchev–Trinajstić information content (AvgIpc) is 2.22. The second-order valence-corrected chi connectivity index (χ2v) is 6.40. The van der Waals surface area contributed by atoms with E-state index in [0.717, 1.165) is 0 Å². The average molecular weight is 231 g/mol. The van der Waals surface area contributed by atoms with Gasteiger partial charge in [-0.3, -0.25) is 0 Å². The van der Waals surface area contributed by atoms with Crippen molar-refractivity contribution in [1.82, 2.24) is 0 Å². The Morgan fingerprint density at radius 3 is 2.59 bits per heavy atom. The molecule has 0 saturated heterocycles. The van der Waals surface area contributed by atoms with Gasteiger partial charge in [0, 0.05) is 11.7 Å². The molecule has 1 N–H and O–H groups in total. The zero-order valence-electron chi connectivity index (χ0n) is 11.6. The summed E-state index contributed by atoms with van der Waals surface area (Å²) in [6.45, 7) is 9.14. The summed E-state index contributed by atoms with van der Waals surface area (Å²) in [5.41, 5.74) is 4.55. The molecule has 1 aliphatic carbocycles. The molecule has 17 heavy (non-hydrogen) atoms. The monoisotopic (exact) mass is 231 g/mol. The third-order valence-corrected chi connectivity index (χ3v) is 4.08. The Bertz CT molecular complexity index is 393. The Kier molecular flexibility index (Phi) is 3.46. The summed E-state index contributed by atoms with van der Waals surface area (Å²) in [4.78, 5) is 0. The predicted octanol–water partition coefficient (Wildman–Crippen LogP) is 4.68. The fourth-order valence-electron chi connectivity index (χ4n) is 2.89. The van der Waals surface area contributed by atoms with Crippen molar-refractivity contribution in [3.63, 3.8) is 0 Å². The first-order chi connectivity index (χ1) is 7.96. The minimum Gasteiger partial charge on any atom is -0.382 e. The van der Waals surface area contributed by atoms with E-state index in [9.17, 15) is 0 Å².